The van der Waals surface area contributed by atoms with Crippen molar-refractivity contribution in [2.45, 2.75) is 18.8 Å². The summed E-state index contributed by atoms with van der Waals surface area (Å²) in [4.78, 5) is 10.8. The lowest BCUT2D eigenvalue weighted by molar-refractivity contribution is -0.201. The third kappa shape index (κ3) is 4.01. The molecule has 100 valence electrons. The van der Waals surface area contributed by atoms with Gasteiger partial charge in [-0.05, 0) is 11.6 Å². The molecule has 0 aliphatic rings. The van der Waals surface area contributed by atoms with Gasteiger partial charge in [-0.25, -0.2) is 4.79 Å². The van der Waals surface area contributed by atoms with Gasteiger partial charge in [-0.15, -0.1) is 0 Å². The summed E-state index contributed by atoms with van der Waals surface area (Å²) in [5.41, 5.74) is 0.380. The fraction of sp³-hybridized carbons (Fsp3) is 0.364. The van der Waals surface area contributed by atoms with Gasteiger partial charge < -0.3 is 15.5 Å². The molecule has 1 unspecified atom stereocenters. The first-order valence-corrected chi connectivity index (χ1v) is 5.09. The second kappa shape index (κ2) is 5.83. The summed E-state index contributed by atoms with van der Waals surface area (Å²) in [5, 5.41) is 20.0. The van der Waals surface area contributed by atoms with Crippen molar-refractivity contribution in [3.8, 4) is 0 Å². The smallest absolute Gasteiger partial charge is 0.415 e. The number of alkyl halides is 3. The van der Waals surface area contributed by atoms with Gasteiger partial charge in [0.15, 0.2) is 6.10 Å². The Kier molecular flexibility index (Phi) is 4.69. The van der Waals surface area contributed by atoms with Crippen LogP contribution in [0, 0.1) is 0 Å². The maximum atomic E-state index is 12.0. The molecule has 7 heteroatoms. The minimum Gasteiger partial charge on any atom is -0.478 e. The molecule has 0 aliphatic heterocycles. The second-order valence-electron chi connectivity index (χ2n) is 3.65. The van der Waals surface area contributed by atoms with Crippen LogP contribution < -0.4 is 5.32 Å². The van der Waals surface area contributed by atoms with Crippen LogP contribution in [0.4, 0.5) is 13.2 Å². The molecular weight excluding hydrogens is 251 g/mol. The Balaban J connectivity index is 2.57. The van der Waals surface area contributed by atoms with E-state index in [0.717, 1.165) is 0 Å². The van der Waals surface area contributed by atoms with Crippen molar-refractivity contribution in [2.24, 2.45) is 0 Å². The first-order valence-electron chi connectivity index (χ1n) is 5.09. The molecule has 0 heterocycles. The van der Waals surface area contributed by atoms with E-state index in [1.54, 1.807) is 6.07 Å². The number of carboxylic acid groups (broad SMARTS) is 1. The molecule has 1 atom stereocenters. The van der Waals surface area contributed by atoms with E-state index in [4.69, 9.17) is 10.2 Å². The number of hydrogen-bond acceptors (Lipinski definition) is 3. The number of halogens is 3. The average Bonchev–Trinajstić information content (AvgIpc) is 2.28. The summed E-state index contributed by atoms with van der Waals surface area (Å²) in [6.07, 6.45) is -7.14. The SMILES string of the molecule is O=C(O)c1ccccc1CNCC(O)C(F)(F)F. The van der Waals surface area contributed by atoms with Crippen LogP contribution in [0.25, 0.3) is 0 Å². The molecule has 1 aromatic rings. The number of rotatable bonds is 5. The van der Waals surface area contributed by atoms with Crippen molar-refractivity contribution >= 4 is 5.97 Å². The lowest BCUT2D eigenvalue weighted by atomic mass is 10.1. The molecule has 0 spiro atoms. The lowest BCUT2D eigenvalue weighted by Gasteiger charge is -2.15. The van der Waals surface area contributed by atoms with E-state index in [0.29, 0.717) is 5.56 Å². The summed E-state index contributed by atoms with van der Waals surface area (Å²) in [6.45, 7) is -0.743. The molecule has 1 rings (SSSR count). The van der Waals surface area contributed by atoms with Gasteiger partial charge in [0.2, 0.25) is 0 Å². The summed E-state index contributed by atoms with van der Waals surface area (Å²) >= 11 is 0. The van der Waals surface area contributed by atoms with Crippen LogP contribution >= 0.6 is 0 Å². The van der Waals surface area contributed by atoms with Crippen molar-refractivity contribution in [2.75, 3.05) is 6.54 Å². The Morgan fingerprint density at radius 3 is 2.50 bits per heavy atom. The van der Waals surface area contributed by atoms with Gasteiger partial charge in [0.05, 0.1) is 5.56 Å². The average molecular weight is 263 g/mol. The predicted octanol–water partition coefficient (Wildman–Crippen LogP) is 1.40. The molecule has 0 saturated carbocycles. The molecular formula is C11H12F3NO3. The molecule has 4 nitrogen and oxygen atoms in total. The van der Waals surface area contributed by atoms with Crippen LogP contribution in [0.1, 0.15) is 15.9 Å². The third-order valence-corrected chi connectivity index (χ3v) is 2.28. The van der Waals surface area contributed by atoms with Gasteiger partial charge in [0.1, 0.15) is 0 Å². The first-order chi connectivity index (χ1) is 8.32. The van der Waals surface area contributed by atoms with E-state index in [2.05, 4.69) is 5.32 Å². The maximum Gasteiger partial charge on any atom is 0.415 e. The van der Waals surface area contributed by atoms with E-state index >= 15 is 0 Å². The quantitative estimate of drug-likeness (QED) is 0.751. The number of aliphatic hydroxyl groups excluding tert-OH is 1. The van der Waals surface area contributed by atoms with Crippen molar-refractivity contribution in [1.82, 2.24) is 5.32 Å². The van der Waals surface area contributed by atoms with Crippen LogP contribution in [0.3, 0.4) is 0 Å². The fourth-order valence-corrected chi connectivity index (χ4v) is 1.34. The van der Waals surface area contributed by atoms with E-state index in [1.165, 1.54) is 18.2 Å². The molecule has 0 saturated heterocycles. The topological polar surface area (TPSA) is 69.6 Å². The monoisotopic (exact) mass is 263 g/mol. The number of nitrogens with one attached hydrogen (secondary N) is 1. The number of aromatic carboxylic acids is 1. The fourth-order valence-electron chi connectivity index (χ4n) is 1.34. The Morgan fingerprint density at radius 1 is 1.33 bits per heavy atom. The first kappa shape index (κ1) is 14.5. The van der Waals surface area contributed by atoms with Crippen LogP contribution in [0.15, 0.2) is 24.3 Å². The van der Waals surface area contributed by atoms with Crippen molar-refractivity contribution < 1.29 is 28.2 Å². The molecule has 0 radical (unpaired) electrons. The molecule has 0 aliphatic carbocycles. The van der Waals surface area contributed by atoms with Crippen LogP contribution in [-0.2, 0) is 6.54 Å². The van der Waals surface area contributed by atoms with Crippen LogP contribution in [0.5, 0.6) is 0 Å². The number of benzene rings is 1. The van der Waals surface area contributed by atoms with Gasteiger partial charge in [-0.1, -0.05) is 18.2 Å². The largest absolute Gasteiger partial charge is 0.478 e. The van der Waals surface area contributed by atoms with E-state index in [-0.39, 0.29) is 12.1 Å². The Labute approximate surface area is 101 Å². The minimum absolute atomic E-state index is 0.0199. The zero-order valence-electron chi connectivity index (χ0n) is 9.24. The standard InChI is InChI=1S/C11H12F3NO3/c12-11(13,14)9(16)6-15-5-7-3-1-2-4-8(7)10(17)18/h1-4,9,15-16H,5-6H2,(H,17,18). The molecule has 3 N–H and O–H groups in total. The minimum atomic E-state index is -4.68. The highest BCUT2D eigenvalue weighted by Crippen LogP contribution is 2.19. The Hall–Kier alpha value is -1.60. The Morgan fingerprint density at radius 2 is 1.94 bits per heavy atom. The van der Waals surface area contributed by atoms with Crippen molar-refractivity contribution in [3.63, 3.8) is 0 Å². The number of aliphatic hydroxyl groups is 1. The van der Waals surface area contributed by atoms with Gasteiger partial charge in [0, 0.05) is 13.1 Å². The zero-order chi connectivity index (χ0) is 13.8. The van der Waals surface area contributed by atoms with Crippen LogP contribution in [0.2, 0.25) is 0 Å². The van der Waals surface area contributed by atoms with Gasteiger partial charge in [0.25, 0.3) is 0 Å². The Bertz CT molecular complexity index is 420. The summed E-state index contributed by atoms with van der Waals surface area (Å²) in [5.74, 6) is -1.15. The van der Waals surface area contributed by atoms with Gasteiger partial charge in [-0.3, -0.25) is 0 Å². The van der Waals surface area contributed by atoms with E-state index < -0.39 is 24.8 Å². The number of carbonyl (C=O) groups is 1. The third-order valence-electron chi connectivity index (χ3n) is 2.28. The normalized spacial score (nSPS) is 13.3. The summed E-state index contributed by atoms with van der Waals surface area (Å²) in [7, 11) is 0. The van der Waals surface area contributed by atoms with E-state index in [1.807, 2.05) is 0 Å². The second-order valence-corrected chi connectivity index (χ2v) is 3.65. The zero-order valence-corrected chi connectivity index (χ0v) is 9.24. The maximum absolute atomic E-state index is 12.0. The van der Waals surface area contributed by atoms with Gasteiger partial charge >= 0.3 is 12.1 Å². The lowest BCUT2D eigenvalue weighted by Crippen LogP contribution is -2.38. The highest BCUT2D eigenvalue weighted by atomic mass is 19.4. The highest BCUT2D eigenvalue weighted by molar-refractivity contribution is 5.89. The molecule has 0 aromatic heterocycles. The van der Waals surface area contributed by atoms with Crippen LogP contribution in [-0.4, -0.2) is 35.0 Å². The summed E-state index contributed by atoms with van der Waals surface area (Å²) in [6, 6.07) is 5.97. The number of carboxylic acids is 1. The van der Waals surface area contributed by atoms with Crippen molar-refractivity contribution in [3.05, 3.63) is 35.4 Å². The highest BCUT2D eigenvalue weighted by Gasteiger charge is 2.37. The molecule has 0 amide bonds. The molecule has 18 heavy (non-hydrogen) atoms. The van der Waals surface area contributed by atoms with E-state index in [9.17, 15) is 18.0 Å². The summed E-state index contributed by atoms with van der Waals surface area (Å²) < 4.78 is 36.0. The predicted molar refractivity (Wildman–Crippen MR) is 57.2 cm³/mol. The molecule has 0 bridgehead atoms. The molecule has 1 aromatic carbocycles. The van der Waals surface area contributed by atoms with Gasteiger partial charge in [-0.2, -0.15) is 13.2 Å². The number of hydrogen-bond donors (Lipinski definition) is 3. The van der Waals surface area contributed by atoms with Crippen molar-refractivity contribution in [1.29, 1.82) is 0 Å². The molecule has 0 fully saturated rings.